The van der Waals surface area contributed by atoms with Gasteiger partial charge in [-0.05, 0) is 18.4 Å². The van der Waals surface area contributed by atoms with Crippen molar-refractivity contribution in [2.24, 2.45) is 0 Å². The molecule has 1 aliphatic heterocycles. The van der Waals surface area contributed by atoms with E-state index < -0.39 is 0 Å². The van der Waals surface area contributed by atoms with Gasteiger partial charge in [-0.2, -0.15) is 0 Å². The van der Waals surface area contributed by atoms with E-state index in [-0.39, 0.29) is 11.9 Å². The molecule has 0 aliphatic carbocycles. The van der Waals surface area contributed by atoms with E-state index in [2.05, 4.69) is 18.3 Å². The molecule has 1 aromatic rings. The molecule has 92 valence electrons. The van der Waals surface area contributed by atoms with Crippen LogP contribution in [0.5, 0.6) is 0 Å². The number of hydrogen-bond acceptors (Lipinski definition) is 4. The zero-order valence-corrected chi connectivity index (χ0v) is 11.1. The summed E-state index contributed by atoms with van der Waals surface area (Å²) in [6, 6.07) is 3.81. The first-order chi connectivity index (χ1) is 8.18. The number of nitrogens with one attached hydrogen (secondary N) is 1. The summed E-state index contributed by atoms with van der Waals surface area (Å²) in [4.78, 5) is 25.6. The third-order valence-electron chi connectivity index (χ3n) is 2.56. The minimum Gasteiger partial charge on any atom is -0.336 e. The fourth-order valence-corrected chi connectivity index (χ4v) is 3.41. The first kappa shape index (κ1) is 12.4. The van der Waals surface area contributed by atoms with Gasteiger partial charge >= 0.3 is 6.03 Å². The van der Waals surface area contributed by atoms with Crippen LogP contribution in [0.15, 0.2) is 17.5 Å². The maximum absolute atomic E-state index is 11.8. The molecule has 0 radical (unpaired) electrons. The van der Waals surface area contributed by atoms with Gasteiger partial charge in [0.25, 0.3) is 0 Å². The summed E-state index contributed by atoms with van der Waals surface area (Å²) in [6.07, 6.45) is 0. The molecule has 17 heavy (non-hydrogen) atoms. The van der Waals surface area contributed by atoms with Gasteiger partial charge in [0.15, 0.2) is 0 Å². The topological polar surface area (TPSA) is 49.4 Å². The van der Waals surface area contributed by atoms with Crippen LogP contribution in [0.3, 0.4) is 0 Å². The monoisotopic (exact) mass is 270 g/mol. The highest BCUT2D eigenvalue weighted by Gasteiger charge is 2.26. The fourth-order valence-electron chi connectivity index (χ4n) is 1.59. The summed E-state index contributed by atoms with van der Waals surface area (Å²) in [7, 11) is 0. The summed E-state index contributed by atoms with van der Waals surface area (Å²) in [6.45, 7) is 3.13. The average molecular weight is 270 g/mol. The minimum atomic E-state index is -0.264. The third kappa shape index (κ3) is 3.01. The smallest absolute Gasteiger partial charge is 0.324 e. The van der Waals surface area contributed by atoms with E-state index in [9.17, 15) is 9.59 Å². The van der Waals surface area contributed by atoms with Crippen molar-refractivity contribution >= 4 is 35.0 Å². The predicted molar refractivity (Wildman–Crippen MR) is 70.3 cm³/mol. The van der Waals surface area contributed by atoms with E-state index >= 15 is 0 Å². The highest BCUT2D eigenvalue weighted by Crippen LogP contribution is 2.31. The number of hydrogen-bond donors (Lipinski definition) is 1. The van der Waals surface area contributed by atoms with Crippen molar-refractivity contribution in [3.8, 4) is 0 Å². The van der Waals surface area contributed by atoms with Crippen molar-refractivity contribution < 1.29 is 9.59 Å². The summed E-state index contributed by atoms with van der Waals surface area (Å²) in [5, 5.41) is 4.95. The molecule has 0 spiro atoms. The quantitative estimate of drug-likeness (QED) is 0.911. The second kappa shape index (κ2) is 5.55. The van der Waals surface area contributed by atoms with Crippen LogP contribution in [0.1, 0.15) is 17.1 Å². The first-order valence-electron chi connectivity index (χ1n) is 5.41. The Kier molecular flexibility index (Phi) is 4.06. The number of carbonyl (C=O) groups excluding carboxylic acids is 2. The molecule has 1 aromatic heterocycles. The third-order valence-corrected chi connectivity index (χ3v) is 4.93. The van der Waals surface area contributed by atoms with Crippen LogP contribution in [-0.4, -0.2) is 35.7 Å². The second-order valence-electron chi connectivity index (χ2n) is 3.75. The number of thiophene rings is 1. The molecule has 4 nitrogen and oxygen atoms in total. The number of amides is 3. The molecule has 1 fully saturated rings. The van der Waals surface area contributed by atoms with Gasteiger partial charge in [0, 0.05) is 23.2 Å². The Morgan fingerprint density at radius 3 is 3.12 bits per heavy atom. The Balaban J connectivity index is 1.82. The predicted octanol–water partition coefficient (Wildman–Crippen LogP) is 2.09. The van der Waals surface area contributed by atoms with Gasteiger partial charge in [-0.1, -0.05) is 6.07 Å². The molecule has 0 saturated carbocycles. The van der Waals surface area contributed by atoms with Crippen LogP contribution in [0, 0.1) is 0 Å². The summed E-state index contributed by atoms with van der Waals surface area (Å²) in [5.74, 6) is 0.250. The number of rotatable bonds is 4. The lowest BCUT2D eigenvalue weighted by molar-refractivity contribution is -0.124. The number of nitrogens with zero attached hydrogens (tertiary/aromatic N) is 1. The van der Waals surface area contributed by atoms with Crippen molar-refractivity contribution in [2.45, 2.75) is 12.2 Å². The van der Waals surface area contributed by atoms with Gasteiger partial charge < -0.3 is 5.32 Å². The van der Waals surface area contributed by atoms with E-state index in [0.29, 0.717) is 24.1 Å². The Morgan fingerprint density at radius 1 is 1.71 bits per heavy atom. The summed E-state index contributed by atoms with van der Waals surface area (Å²) in [5.41, 5.74) is 0. The van der Waals surface area contributed by atoms with Gasteiger partial charge in [0.05, 0.1) is 5.75 Å². The fraction of sp³-hybridized carbons (Fsp3) is 0.455. The van der Waals surface area contributed by atoms with Gasteiger partial charge in [-0.3, -0.25) is 9.69 Å². The van der Waals surface area contributed by atoms with E-state index in [1.54, 1.807) is 23.1 Å². The van der Waals surface area contributed by atoms with Crippen LogP contribution < -0.4 is 5.32 Å². The minimum absolute atomic E-state index is 0.103. The van der Waals surface area contributed by atoms with E-state index in [1.807, 2.05) is 11.4 Å². The lowest BCUT2D eigenvalue weighted by Gasteiger charge is -2.13. The number of carbonyl (C=O) groups is 2. The molecular formula is C11H14N2O2S2. The number of imide groups is 1. The Labute approximate surface area is 108 Å². The van der Waals surface area contributed by atoms with Crippen LogP contribution in [0.4, 0.5) is 4.79 Å². The van der Waals surface area contributed by atoms with Crippen molar-refractivity contribution in [3.05, 3.63) is 22.4 Å². The SMILES string of the molecule is C[C@@H](SCC(=O)N1CCNC1=O)c1cccs1. The van der Waals surface area contributed by atoms with Gasteiger partial charge in [-0.15, -0.1) is 23.1 Å². The molecule has 1 atom stereocenters. The summed E-state index contributed by atoms with van der Waals surface area (Å²) >= 11 is 3.26. The second-order valence-corrected chi connectivity index (χ2v) is 6.05. The van der Waals surface area contributed by atoms with Crippen molar-refractivity contribution in [1.82, 2.24) is 10.2 Å². The molecule has 0 bridgehead atoms. The Bertz CT molecular complexity index is 406. The molecule has 0 aromatic carbocycles. The lowest BCUT2D eigenvalue weighted by Crippen LogP contribution is -2.35. The van der Waals surface area contributed by atoms with Gasteiger partial charge in [0.2, 0.25) is 5.91 Å². The number of thioether (sulfide) groups is 1. The molecule has 6 heteroatoms. The molecule has 2 heterocycles. The van der Waals surface area contributed by atoms with Crippen LogP contribution in [0.25, 0.3) is 0 Å². The average Bonchev–Trinajstić information content (AvgIpc) is 2.95. The maximum Gasteiger partial charge on any atom is 0.324 e. The first-order valence-corrected chi connectivity index (χ1v) is 7.34. The molecule has 1 aliphatic rings. The standard InChI is InChI=1S/C11H14N2O2S2/c1-8(9-3-2-6-16-9)17-7-10(14)13-5-4-12-11(13)15/h2-3,6,8H,4-5,7H2,1H3,(H,12,15)/t8-/m1/s1. The normalized spacial score (nSPS) is 17.0. The largest absolute Gasteiger partial charge is 0.336 e. The molecular weight excluding hydrogens is 256 g/mol. The Morgan fingerprint density at radius 2 is 2.53 bits per heavy atom. The van der Waals surface area contributed by atoms with Crippen molar-refractivity contribution in [2.75, 3.05) is 18.8 Å². The molecule has 1 saturated heterocycles. The zero-order chi connectivity index (χ0) is 12.3. The van der Waals surface area contributed by atoms with E-state index in [4.69, 9.17) is 0 Å². The maximum atomic E-state index is 11.8. The van der Waals surface area contributed by atoms with Crippen LogP contribution in [-0.2, 0) is 4.79 Å². The molecule has 1 N–H and O–H groups in total. The highest BCUT2D eigenvalue weighted by atomic mass is 32.2. The molecule has 3 amide bonds. The molecule has 0 unspecified atom stereocenters. The zero-order valence-electron chi connectivity index (χ0n) is 9.51. The van der Waals surface area contributed by atoms with Crippen LogP contribution >= 0.6 is 23.1 Å². The van der Waals surface area contributed by atoms with Crippen LogP contribution in [0.2, 0.25) is 0 Å². The van der Waals surface area contributed by atoms with Crippen molar-refractivity contribution in [3.63, 3.8) is 0 Å². The van der Waals surface area contributed by atoms with E-state index in [0.717, 1.165) is 0 Å². The lowest BCUT2D eigenvalue weighted by atomic mass is 10.4. The Hall–Kier alpha value is -1.01. The highest BCUT2D eigenvalue weighted by molar-refractivity contribution is 8.00. The molecule has 2 rings (SSSR count). The van der Waals surface area contributed by atoms with E-state index in [1.165, 1.54) is 9.78 Å². The summed E-state index contributed by atoms with van der Waals surface area (Å²) < 4.78 is 0. The van der Waals surface area contributed by atoms with Crippen molar-refractivity contribution in [1.29, 1.82) is 0 Å². The van der Waals surface area contributed by atoms with Gasteiger partial charge in [-0.25, -0.2) is 4.79 Å². The number of urea groups is 1. The van der Waals surface area contributed by atoms with Gasteiger partial charge in [0.1, 0.15) is 0 Å².